The molecule has 1 saturated carbocycles. The number of ether oxygens (including phenoxy) is 1. The van der Waals surface area contributed by atoms with Gasteiger partial charge >= 0.3 is 0 Å². The molecule has 0 aromatic rings. The average Bonchev–Trinajstić information content (AvgIpc) is 3.04. The van der Waals surface area contributed by atoms with Crippen molar-refractivity contribution in [3.63, 3.8) is 0 Å². The van der Waals surface area contributed by atoms with Crippen LogP contribution in [0.1, 0.15) is 38.5 Å². The van der Waals surface area contributed by atoms with Crippen molar-refractivity contribution in [2.24, 2.45) is 5.92 Å². The molecule has 2 aliphatic heterocycles. The van der Waals surface area contributed by atoms with Gasteiger partial charge in [-0.2, -0.15) is 0 Å². The molecule has 0 spiro atoms. The molecule has 2 atom stereocenters. The van der Waals surface area contributed by atoms with E-state index in [1.54, 1.807) is 0 Å². The Kier molecular flexibility index (Phi) is 5.31. The third-order valence-electron chi connectivity index (χ3n) is 5.02. The zero-order valence-electron chi connectivity index (χ0n) is 13.2. The first kappa shape index (κ1) is 15.7. The first-order valence-corrected chi connectivity index (χ1v) is 8.65. The number of carbonyl (C=O) groups excluding carboxylic acids is 2. The molecule has 124 valence electrons. The fourth-order valence-corrected chi connectivity index (χ4v) is 3.71. The maximum atomic E-state index is 12.5. The maximum Gasteiger partial charge on any atom is 0.250 e. The van der Waals surface area contributed by atoms with Crippen molar-refractivity contribution in [2.75, 3.05) is 32.8 Å². The topological polar surface area (TPSA) is 70.7 Å². The lowest BCUT2D eigenvalue weighted by Crippen LogP contribution is -2.51. The molecule has 0 radical (unpaired) electrons. The second-order valence-corrected chi connectivity index (χ2v) is 6.68. The van der Waals surface area contributed by atoms with Gasteiger partial charge < -0.3 is 20.3 Å². The molecule has 2 unspecified atom stereocenters. The van der Waals surface area contributed by atoms with Gasteiger partial charge in [0.05, 0.1) is 6.61 Å². The minimum Gasteiger partial charge on any atom is -0.366 e. The zero-order valence-corrected chi connectivity index (χ0v) is 13.2. The van der Waals surface area contributed by atoms with Crippen LogP contribution < -0.4 is 10.6 Å². The summed E-state index contributed by atoms with van der Waals surface area (Å²) < 4.78 is 5.46. The SMILES string of the molecule is O=C(NC1CCN(C(=O)C2CCCCC2)C1)C1CNCCO1. The second-order valence-electron chi connectivity index (χ2n) is 6.68. The maximum absolute atomic E-state index is 12.5. The predicted octanol–water partition coefficient (Wildman–Crippen LogP) is 0.272. The molecule has 3 aliphatic rings. The molecule has 2 amide bonds. The van der Waals surface area contributed by atoms with Crippen LogP contribution >= 0.6 is 0 Å². The van der Waals surface area contributed by atoms with Gasteiger partial charge in [0, 0.05) is 38.1 Å². The lowest BCUT2D eigenvalue weighted by molar-refractivity contribution is -0.137. The van der Waals surface area contributed by atoms with E-state index >= 15 is 0 Å². The molecular weight excluding hydrogens is 282 g/mol. The van der Waals surface area contributed by atoms with E-state index < -0.39 is 6.10 Å². The molecule has 3 fully saturated rings. The van der Waals surface area contributed by atoms with Crippen LogP contribution in [0.25, 0.3) is 0 Å². The number of likely N-dealkylation sites (tertiary alicyclic amines) is 1. The smallest absolute Gasteiger partial charge is 0.250 e. The van der Waals surface area contributed by atoms with E-state index in [1.807, 2.05) is 4.90 Å². The number of morpholine rings is 1. The molecule has 22 heavy (non-hydrogen) atoms. The Morgan fingerprint density at radius 2 is 1.95 bits per heavy atom. The Balaban J connectivity index is 1.45. The van der Waals surface area contributed by atoms with Gasteiger partial charge in [0.25, 0.3) is 5.91 Å². The molecular formula is C16H27N3O3. The van der Waals surface area contributed by atoms with Crippen LogP contribution in [0.3, 0.4) is 0 Å². The predicted molar refractivity (Wildman–Crippen MR) is 82.3 cm³/mol. The van der Waals surface area contributed by atoms with Gasteiger partial charge in [-0.05, 0) is 19.3 Å². The molecule has 3 rings (SSSR count). The van der Waals surface area contributed by atoms with Crippen LogP contribution in [0.4, 0.5) is 0 Å². The molecule has 6 nitrogen and oxygen atoms in total. The third-order valence-corrected chi connectivity index (χ3v) is 5.02. The summed E-state index contributed by atoms with van der Waals surface area (Å²) in [7, 11) is 0. The van der Waals surface area contributed by atoms with Crippen molar-refractivity contribution in [1.29, 1.82) is 0 Å². The van der Waals surface area contributed by atoms with Crippen molar-refractivity contribution >= 4 is 11.8 Å². The minimum absolute atomic E-state index is 0.0517. The van der Waals surface area contributed by atoms with Crippen molar-refractivity contribution in [3.05, 3.63) is 0 Å². The van der Waals surface area contributed by atoms with Gasteiger partial charge in [0.2, 0.25) is 5.91 Å². The number of hydrogen-bond acceptors (Lipinski definition) is 4. The van der Waals surface area contributed by atoms with E-state index in [0.29, 0.717) is 25.6 Å². The average molecular weight is 309 g/mol. The summed E-state index contributed by atoms with van der Waals surface area (Å²) >= 11 is 0. The second kappa shape index (κ2) is 7.42. The van der Waals surface area contributed by atoms with E-state index in [2.05, 4.69) is 10.6 Å². The highest BCUT2D eigenvalue weighted by Crippen LogP contribution is 2.26. The van der Waals surface area contributed by atoms with Crippen molar-refractivity contribution in [3.8, 4) is 0 Å². The number of carbonyl (C=O) groups is 2. The van der Waals surface area contributed by atoms with Crippen LogP contribution in [0, 0.1) is 5.92 Å². The van der Waals surface area contributed by atoms with Crippen LogP contribution in [-0.4, -0.2) is 61.6 Å². The number of amides is 2. The fraction of sp³-hybridized carbons (Fsp3) is 0.875. The van der Waals surface area contributed by atoms with Gasteiger partial charge in [-0.3, -0.25) is 9.59 Å². The Labute approximate surface area is 131 Å². The lowest BCUT2D eigenvalue weighted by atomic mass is 9.88. The van der Waals surface area contributed by atoms with Gasteiger partial charge in [-0.25, -0.2) is 0 Å². The molecule has 2 N–H and O–H groups in total. The number of hydrogen-bond donors (Lipinski definition) is 2. The highest BCUT2D eigenvalue weighted by molar-refractivity contribution is 5.82. The van der Waals surface area contributed by atoms with E-state index in [4.69, 9.17) is 4.74 Å². The quantitative estimate of drug-likeness (QED) is 0.785. The summed E-state index contributed by atoms with van der Waals surface area (Å²) in [4.78, 5) is 26.6. The highest BCUT2D eigenvalue weighted by Gasteiger charge is 2.33. The van der Waals surface area contributed by atoms with Crippen molar-refractivity contribution in [1.82, 2.24) is 15.5 Å². The van der Waals surface area contributed by atoms with E-state index in [0.717, 1.165) is 32.4 Å². The summed E-state index contributed by atoms with van der Waals surface area (Å²) in [6.07, 6.45) is 6.15. The molecule has 2 heterocycles. The minimum atomic E-state index is -0.392. The van der Waals surface area contributed by atoms with E-state index in [9.17, 15) is 9.59 Å². The Bertz CT molecular complexity index is 403. The Hall–Kier alpha value is -1.14. The van der Waals surface area contributed by atoms with E-state index in [-0.39, 0.29) is 17.9 Å². The van der Waals surface area contributed by atoms with Gasteiger partial charge in [0.15, 0.2) is 0 Å². The van der Waals surface area contributed by atoms with Gasteiger partial charge in [-0.1, -0.05) is 19.3 Å². The largest absolute Gasteiger partial charge is 0.366 e. The van der Waals surface area contributed by atoms with Gasteiger partial charge in [-0.15, -0.1) is 0 Å². The van der Waals surface area contributed by atoms with Crippen LogP contribution in [0.5, 0.6) is 0 Å². The molecule has 2 saturated heterocycles. The number of rotatable bonds is 3. The summed E-state index contributed by atoms with van der Waals surface area (Å²) in [6.45, 7) is 3.38. The Morgan fingerprint density at radius 3 is 2.68 bits per heavy atom. The van der Waals surface area contributed by atoms with Crippen LogP contribution in [0.15, 0.2) is 0 Å². The first-order chi connectivity index (χ1) is 10.7. The molecule has 0 aromatic carbocycles. The van der Waals surface area contributed by atoms with E-state index in [1.165, 1.54) is 19.3 Å². The normalized spacial score (nSPS) is 30.3. The summed E-state index contributed by atoms with van der Waals surface area (Å²) in [6, 6.07) is 0.0746. The van der Waals surface area contributed by atoms with Crippen molar-refractivity contribution in [2.45, 2.75) is 50.7 Å². The third kappa shape index (κ3) is 3.79. The molecule has 0 aromatic heterocycles. The van der Waals surface area contributed by atoms with Crippen LogP contribution in [0.2, 0.25) is 0 Å². The Morgan fingerprint density at radius 1 is 1.14 bits per heavy atom. The monoisotopic (exact) mass is 309 g/mol. The fourth-order valence-electron chi connectivity index (χ4n) is 3.71. The summed E-state index contributed by atoms with van der Waals surface area (Å²) in [5.74, 6) is 0.463. The van der Waals surface area contributed by atoms with Crippen LogP contribution in [-0.2, 0) is 14.3 Å². The van der Waals surface area contributed by atoms with Crippen molar-refractivity contribution < 1.29 is 14.3 Å². The first-order valence-electron chi connectivity index (χ1n) is 8.65. The van der Waals surface area contributed by atoms with Gasteiger partial charge in [0.1, 0.15) is 6.10 Å². The molecule has 1 aliphatic carbocycles. The summed E-state index contributed by atoms with van der Waals surface area (Å²) in [5.41, 5.74) is 0. The number of nitrogens with one attached hydrogen (secondary N) is 2. The lowest BCUT2D eigenvalue weighted by Gasteiger charge is -2.27. The highest BCUT2D eigenvalue weighted by atomic mass is 16.5. The molecule has 6 heteroatoms. The zero-order chi connectivity index (χ0) is 15.4. The summed E-state index contributed by atoms with van der Waals surface area (Å²) in [5, 5.41) is 6.20. The molecule has 0 bridgehead atoms. The number of nitrogens with zero attached hydrogens (tertiary/aromatic N) is 1. The standard InChI is InChI=1S/C16H27N3O3/c20-15(14-10-17-7-9-22-14)18-13-6-8-19(11-13)16(21)12-4-2-1-3-5-12/h12-14,17H,1-11H2,(H,18,20).